The number of hydrogen-bond donors (Lipinski definition) is 2. The topological polar surface area (TPSA) is 95.6 Å². The molecule has 1 saturated heterocycles. The molecule has 0 radical (unpaired) electrons. The second-order valence-corrected chi connectivity index (χ2v) is 7.98. The number of aliphatic hydroxyl groups excluding tert-OH is 1. The third kappa shape index (κ3) is 3.39. The van der Waals surface area contributed by atoms with E-state index in [0.717, 1.165) is 37.8 Å². The molecule has 5 rings (SSSR count). The summed E-state index contributed by atoms with van der Waals surface area (Å²) < 4.78 is 15.3. The normalized spacial score (nSPS) is 23.9. The van der Waals surface area contributed by atoms with Gasteiger partial charge in [0.05, 0.1) is 30.6 Å². The van der Waals surface area contributed by atoms with Crippen LogP contribution < -0.4 is 10.2 Å². The van der Waals surface area contributed by atoms with Crippen molar-refractivity contribution >= 4 is 17.4 Å². The van der Waals surface area contributed by atoms with Gasteiger partial charge in [0.25, 0.3) is 5.91 Å². The number of halogens is 1. The molecule has 0 bridgehead atoms. The van der Waals surface area contributed by atoms with Gasteiger partial charge in [0.15, 0.2) is 5.65 Å². The molecule has 1 saturated carbocycles. The van der Waals surface area contributed by atoms with Crippen molar-refractivity contribution in [2.45, 2.75) is 50.3 Å². The fourth-order valence-electron chi connectivity index (χ4n) is 4.53. The van der Waals surface area contributed by atoms with E-state index < -0.39 is 6.10 Å². The predicted molar refractivity (Wildman–Crippen MR) is 108 cm³/mol. The molecule has 0 aromatic carbocycles. The third-order valence-corrected chi connectivity index (χ3v) is 6.05. The molecule has 4 heterocycles. The SMILES string of the molecule is O=C(N[C@@H]1CCC[C@H]1O)c1cnn2ccc(N3CCCC3c3cncc(F)c3)nc12. The van der Waals surface area contributed by atoms with Gasteiger partial charge in [0.2, 0.25) is 0 Å². The molecule has 3 aromatic heterocycles. The van der Waals surface area contributed by atoms with Crippen molar-refractivity contribution in [2.75, 3.05) is 11.4 Å². The van der Waals surface area contributed by atoms with Crippen molar-refractivity contribution in [1.82, 2.24) is 24.9 Å². The third-order valence-electron chi connectivity index (χ3n) is 6.05. The Balaban J connectivity index is 1.44. The number of rotatable bonds is 4. The molecule has 1 aliphatic carbocycles. The highest BCUT2D eigenvalue weighted by molar-refractivity contribution is 6.00. The van der Waals surface area contributed by atoms with E-state index in [1.54, 1.807) is 16.9 Å². The summed E-state index contributed by atoms with van der Waals surface area (Å²) >= 11 is 0. The van der Waals surface area contributed by atoms with Crippen LogP contribution in [0, 0.1) is 5.82 Å². The Morgan fingerprint density at radius 2 is 2.10 bits per heavy atom. The number of carbonyl (C=O) groups excluding carboxylic acids is 1. The van der Waals surface area contributed by atoms with Crippen LogP contribution in [0.5, 0.6) is 0 Å². The van der Waals surface area contributed by atoms with E-state index >= 15 is 0 Å². The summed E-state index contributed by atoms with van der Waals surface area (Å²) in [6.07, 6.45) is 9.86. The van der Waals surface area contributed by atoms with Crippen LogP contribution in [0.4, 0.5) is 10.2 Å². The minimum Gasteiger partial charge on any atom is -0.391 e. The van der Waals surface area contributed by atoms with E-state index in [4.69, 9.17) is 4.98 Å². The Kier molecular flexibility index (Phi) is 4.82. The van der Waals surface area contributed by atoms with Crippen LogP contribution in [0.2, 0.25) is 0 Å². The van der Waals surface area contributed by atoms with Gasteiger partial charge in [0.1, 0.15) is 17.2 Å². The van der Waals surface area contributed by atoms with Crippen LogP contribution in [-0.4, -0.2) is 49.3 Å². The fraction of sp³-hybridized carbons (Fsp3) is 0.429. The van der Waals surface area contributed by atoms with E-state index in [0.29, 0.717) is 23.4 Å². The maximum absolute atomic E-state index is 13.7. The standard InChI is InChI=1S/C21H23FN6O2/c22-14-9-13(10-23-11-14)17-4-2-7-27(17)19-6-8-28-20(26-19)15(12-24-28)21(30)25-16-3-1-5-18(16)29/h6,8-12,16-18,29H,1-5,7H2,(H,25,30)/t16-,17?,18-/m1/s1. The lowest BCUT2D eigenvalue weighted by atomic mass is 10.1. The van der Waals surface area contributed by atoms with Crippen molar-refractivity contribution in [2.24, 2.45) is 0 Å². The minimum absolute atomic E-state index is 0.0167. The van der Waals surface area contributed by atoms with Gasteiger partial charge in [-0.2, -0.15) is 5.10 Å². The first-order valence-corrected chi connectivity index (χ1v) is 10.3. The summed E-state index contributed by atoms with van der Waals surface area (Å²) in [4.78, 5) is 23.6. The molecule has 1 amide bonds. The Labute approximate surface area is 172 Å². The quantitative estimate of drug-likeness (QED) is 0.685. The molecule has 9 heteroatoms. The van der Waals surface area contributed by atoms with Gasteiger partial charge in [-0.1, -0.05) is 0 Å². The number of aromatic nitrogens is 4. The number of fused-ring (bicyclic) bond motifs is 1. The molecule has 30 heavy (non-hydrogen) atoms. The Bertz CT molecular complexity index is 1090. The molecule has 1 aliphatic heterocycles. The van der Waals surface area contributed by atoms with Crippen LogP contribution >= 0.6 is 0 Å². The first-order chi connectivity index (χ1) is 14.6. The van der Waals surface area contributed by atoms with Crippen LogP contribution in [0.1, 0.15) is 54.1 Å². The zero-order valence-corrected chi connectivity index (χ0v) is 16.4. The molecule has 2 aliphatic rings. The van der Waals surface area contributed by atoms with Crippen LogP contribution in [0.15, 0.2) is 36.9 Å². The second kappa shape index (κ2) is 7.64. The molecule has 2 N–H and O–H groups in total. The van der Waals surface area contributed by atoms with Crippen LogP contribution in [-0.2, 0) is 0 Å². The Morgan fingerprint density at radius 3 is 2.90 bits per heavy atom. The molecule has 156 valence electrons. The number of anilines is 1. The van der Waals surface area contributed by atoms with E-state index in [-0.39, 0.29) is 23.8 Å². The highest BCUT2D eigenvalue weighted by atomic mass is 19.1. The van der Waals surface area contributed by atoms with Crippen molar-refractivity contribution in [3.63, 3.8) is 0 Å². The molecule has 2 fully saturated rings. The number of nitrogens with zero attached hydrogens (tertiary/aromatic N) is 5. The Hall–Kier alpha value is -3.07. The average Bonchev–Trinajstić information content (AvgIpc) is 3.47. The molecular weight excluding hydrogens is 387 g/mol. The number of carbonyl (C=O) groups is 1. The maximum atomic E-state index is 13.7. The first kappa shape index (κ1) is 18.9. The zero-order valence-electron chi connectivity index (χ0n) is 16.4. The van der Waals surface area contributed by atoms with Crippen molar-refractivity contribution in [3.8, 4) is 0 Å². The predicted octanol–water partition coefficient (Wildman–Crippen LogP) is 2.25. The van der Waals surface area contributed by atoms with Crippen molar-refractivity contribution < 1.29 is 14.3 Å². The summed E-state index contributed by atoms with van der Waals surface area (Å²) in [5, 5.41) is 17.2. The summed E-state index contributed by atoms with van der Waals surface area (Å²) in [5.74, 6) is 0.0734. The van der Waals surface area contributed by atoms with Gasteiger partial charge >= 0.3 is 0 Å². The summed E-state index contributed by atoms with van der Waals surface area (Å²) in [6, 6.07) is 3.11. The summed E-state index contributed by atoms with van der Waals surface area (Å²) in [6.45, 7) is 0.786. The lowest BCUT2D eigenvalue weighted by molar-refractivity contribution is 0.0874. The van der Waals surface area contributed by atoms with Crippen LogP contribution in [0.25, 0.3) is 5.65 Å². The van der Waals surface area contributed by atoms with Gasteiger partial charge in [-0.3, -0.25) is 9.78 Å². The van der Waals surface area contributed by atoms with E-state index in [2.05, 4.69) is 20.3 Å². The van der Waals surface area contributed by atoms with E-state index in [1.807, 2.05) is 6.07 Å². The first-order valence-electron chi connectivity index (χ1n) is 10.3. The second-order valence-electron chi connectivity index (χ2n) is 7.98. The van der Waals surface area contributed by atoms with E-state index in [9.17, 15) is 14.3 Å². The fourth-order valence-corrected chi connectivity index (χ4v) is 4.53. The largest absolute Gasteiger partial charge is 0.391 e. The van der Waals surface area contributed by atoms with Crippen molar-refractivity contribution in [3.05, 3.63) is 53.9 Å². The van der Waals surface area contributed by atoms with Crippen molar-refractivity contribution in [1.29, 1.82) is 0 Å². The van der Waals surface area contributed by atoms with Gasteiger partial charge in [0, 0.05) is 18.9 Å². The van der Waals surface area contributed by atoms with Crippen LogP contribution in [0.3, 0.4) is 0 Å². The molecular formula is C21H23FN6O2. The lowest BCUT2D eigenvalue weighted by Gasteiger charge is -2.26. The molecule has 1 unspecified atom stereocenters. The molecule has 8 nitrogen and oxygen atoms in total. The van der Waals surface area contributed by atoms with Gasteiger partial charge in [-0.05, 0) is 49.8 Å². The average molecular weight is 410 g/mol. The zero-order chi connectivity index (χ0) is 20.7. The minimum atomic E-state index is -0.510. The number of hydrogen-bond acceptors (Lipinski definition) is 6. The highest BCUT2D eigenvalue weighted by Gasteiger charge is 2.30. The number of amides is 1. The monoisotopic (exact) mass is 410 g/mol. The molecule has 3 aromatic rings. The lowest BCUT2D eigenvalue weighted by Crippen LogP contribution is -2.39. The number of pyridine rings is 1. The highest BCUT2D eigenvalue weighted by Crippen LogP contribution is 2.35. The number of aliphatic hydroxyl groups is 1. The van der Waals surface area contributed by atoms with Gasteiger partial charge < -0.3 is 15.3 Å². The number of nitrogens with one attached hydrogen (secondary N) is 1. The summed E-state index contributed by atoms with van der Waals surface area (Å²) in [7, 11) is 0. The maximum Gasteiger partial charge on any atom is 0.257 e. The molecule has 3 atom stereocenters. The van der Waals surface area contributed by atoms with Gasteiger partial charge in [-0.15, -0.1) is 0 Å². The van der Waals surface area contributed by atoms with E-state index in [1.165, 1.54) is 18.5 Å². The van der Waals surface area contributed by atoms with Gasteiger partial charge in [-0.25, -0.2) is 13.9 Å². The smallest absolute Gasteiger partial charge is 0.257 e. The Morgan fingerprint density at radius 1 is 1.20 bits per heavy atom. The molecule has 0 spiro atoms. The summed E-state index contributed by atoms with van der Waals surface area (Å²) in [5.41, 5.74) is 1.65.